The van der Waals surface area contributed by atoms with E-state index < -0.39 is 5.60 Å². The van der Waals surface area contributed by atoms with E-state index in [0.717, 1.165) is 5.56 Å². The van der Waals surface area contributed by atoms with E-state index in [4.69, 9.17) is 9.47 Å². The van der Waals surface area contributed by atoms with Gasteiger partial charge in [0.25, 0.3) is 0 Å². The summed E-state index contributed by atoms with van der Waals surface area (Å²) in [6.07, 6.45) is 1.28. The number of hydrogen-bond donors (Lipinski definition) is 0. The second-order valence-corrected chi connectivity index (χ2v) is 6.70. The minimum absolute atomic E-state index is 0.0908. The lowest BCUT2D eigenvalue weighted by Gasteiger charge is -2.35. The van der Waals surface area contributed by atoms with Gasteiger partial charge in [-0.1, -0.05) is 45.0 Å². The molecule has 3 heteroatoms. The molecule has 1 aliphatic heterocycles. The summed E-state index contributed by atoms with van der Waals surface area (Å²) in [5, 5.41) is 0. The van der Waals surface area contributed by atoms with Crippen LogP contribution in [-0.2, 0) is 14.9 Å². The lowest BCUT2D eigenvalue weighted by Crippen LogP contribution is -2.46. The maximum absolute atomic E-state index is 12.9. The van der Waals surface area contributed by atoms with Gasteiger partial charge in [0.1, 0.15) is 5.60 Å². The first-order chi connectivity index (χ1) is 9.89. The summed E-state index contributed by atoms with van der Waals surface area (Å²) >= 11 is 0. The van der Waals surface area contributed by atoms with Crippen LogP contribution in [0.5, 0.6) is 0 Å². The van der Waals surface area contributed by atoms with Gasteiger partial charge in [0.15, 0.2) is 5.78 Å². The molecule has 0 aliphatic carbocycles. The number of rotatable bonds is 4. The highest BCUT2D eigenvalue weighted by Gasteiger charge is 2.41. The van der Waals surface area contributed by atoms with Crippen molar-refractivity contribution in [3.8, 4) is 0 Å². The summed E-state index contributed by atoms with van der Waals surface area (Å²) in [5.74, 6) is 0.0908. The number of benzene rings is 1. The van der Waals surface area contributed by atoms with Crippen LogP contribution in [0.2, 0.25) is 0 Å². The molecule has 0 unspecified atom stereocenters. The van der Waals surface area contributed by atoms with Crippen molar-refractivity contribution in [2.75, 3.05) is 19.8 Å². The molecular weight excluding hydrogens is 264 g/mol. The summed E-state index contributed by atoms with van der Waals surface area (Å²) in [7, 11) is 0. The molecular formula is C18H26O3. The van der Waals surface area contributed by atoms with E-state index in [9.17, 15) is 4.79 Å². The molecule has 3 nitrogen and oxygen atoms in total. The molecule has 0 aromatic heterocycles. The van der Waals surface area contributed by atoms with Gasteiger partial charge in [-0.2, -0.15) is 0 Å². The maximum atomic E-state index is 12.9. The van der Waals surface area contributed by atoms with Gasteiger partial charge < -0.3 is 9.47 Å². The Hall–Kier alpha value is -1.19. The molecule has 1 fully saturated rings. The fourth-order valence-corrected chi connectivity index (χ4v) is 2.80. The molecule has 0 atom stereocenters. The first kappa shape index (κ1) is 16.2. The lowest BCUT2D eigenvalue weighted by molar-refractivity contribution is -0.0822. The molecule has 0 amide bonds. The number of carbonyl (C=O) groups excluding carboxylic acids is 1. The van der Waals surface area contributed by atoms with Crippen LogP contribution in [-0.4, -0.2) is 31.2 Å². The molecule has 1 aliphatic rings. The fourth-order valence-electron chi connectivity index (χ4n) is 2.80. The van der Waals surface area contributed by atoms with Crippen LogP contribution in [0.25, 0.3) is 0 Å². The van der Waals surface area contributed by atoms with E-state index in [-0.39, 0.29) is 11.2 Å². The molecule has 1 heterocycles. The van der Waals surface area contributed by atoms with E-state index in [1.807, 2.05) is 31.2 Å². The summed E-state index contributed by atoms with van der Waals surface area (Å²) in [5.41, 5.74) is 1.36. The molecule has 116 valence electrons. The van der Waals surface area contributed by atoms with Crippen LogP contribution in [0.3, 0.4) is 0 Å². The number of carbonyl (C=O) groups is 1. The third kappa shape index (κ3) is 3.53. The molecule has 1 aromatic carbocycles. The Morgan fingerprint density at radius 2 is 1.76 bits per heavy atom. The first-order valence-electron chi connectivity index (χ1n) is 7.76. The number of ether oxygens (including phenoxy) is 2. The van der Waals surface area contributed by atoms with Gasteiger partial charge in [0, 0.05) is 38.2 Å². The molecule has 0 bridgehead atoms. The van der Waals surface area contributed by atoms with E-state index in [1.165, 1.54) is 5.56 Å². The highest BCUT2D eigenvalue weighted by atomic mass is 16.5. The molecule has 1 saturated heterocycles. The molecule has 21 heavy (non-hydrogen) atoms. The number of Topliss-reactive ketones (excluding diaryl/α,β-unsaturated/α-hetero) is 1. The van der Waals surface area contributed by atoms with Crippen LogP contribution >= 0.6 is 0 Å². The van der Waals surface area contributed by atoms with E-state index >= 15 is 0 Å². The van der Waals surface area contributed by atoms with Crippen molar-refractivity contribution in [2.24, 2.45) is 0 Å². The SMILES string of the molecule is CCOC1(C(=O)c2ccc(C(C)(C)C)cc2)CCOCC1. The van der Waals surface area contributed by atoms with Crippen LogP contribution in [0.1, 0.15) is 56.5 Å². The summed E-state index contributed by atoms with van der Waals surface area (Å²) < 4.78 is 11.2. The number of hydrogen-bond acceptors (Lipinski definition) is 3. The van der Waals surface area contributed by atoms with Gasteiger partial charge in [0.05, 0.1) is 0 Å². The predicted octanol–water partition coefficient (Wildman–Crippen LogP) is 3.75. The van der Waals surface area contributed by atoms with Crippen molar-refractivity contribution in [2.45, 2.75) is 51.6 Å². The average Bonchev–Trinajstić information content (AvgIpc) is 2.47. The van der Waals surface area contributed by atoms with E-state index in [1.54, 1.807) is 0 Å². The second-order valence-electron chi connectivity index (χ2n) is 6.70. The van der Waals surface area contributed by atoms with Crippen LogP contribution in [0, 0.1) is 0 Å². The average molecular weight is 290 g/mol. The number of ketones is 1. The highest BCUT2D eigenvalue weighted by molar-refractivity contribution is 6.02. The third-order valence-electron chi connectivity index (χ3n) is 4.15. The summed E-state index contributed by atoms with van der Waals surface area (Å²) in [4.78, 5) is 12.9. The minimum atomic E-state index is -0.698. The molecule has 0 radical (unpaired) electrons. The zero-order valence-electron chi connectivity index (χ0n) is 13.6. The van der Waals surface area contributed by atoms with Crippen LogP contribution < -0.4 is 0 Å². The van der Waals surface area contributed by atoms with Crippen molar-refractivity contribution >= 4 is 5.78 Å². The zero-order chi connectivity index (χ0) is 15.5. The van der Waals surface area contributed by atoms with Gasteiger partial charge >= 0.3 is 0 Å². The Kier molecular flexibility index (Phi) is 4.84. The van der Waals surface area contributed by atoms with Gasteiger partial charge in [-0.15, -0.1) is 0 Å². The Balaban J connectivity index is 2.25. The Morgan fingerprint density at radius 1 is 1.19 bits per heavy atom. The van der Waals surface area contributed by atoms with Crippen LogP contribution in [0.15, 0.2) is 24.3 Å². The molecule has 0 saturated carbocycles. The highest BCUT2D eigenvalue weighted by Crippen LogP contribution is 2.30. The summed E-state index contributed by atoms with van der Waals surface area (Å²) in [6, 6.07) is 7.96. The Morgan fingerprint density at radius 3 is 2.24 bits per heavy atom. The lowest BCUT2D eigenvalue weighted by atomic mass is 9.83. The van der Waals surface area contributed by atoms with Crippen molar-refractivity contribution in [3.05, 3.63) is 35.4 Å². The second kappa shape index (κ2) is 6.29. The predicted molar refractivity (Wildman–Crippen MR) is 83.9 cm³/mol. The zero-order valence-corrected chi connectivity index (χ0v) is 13.6. The van der Waals surface area contributed by atoms with Crippen molar-refractivity contribution in [1.82, 2.24) is 0 Å². The monoisotopic (exact) mass is 290 g/mol. The normalized spacial score (nSPS) is 18.5. The van der Waals surface area contributed by atoms with Crippen molar-refractivity contribution in [1.29, 1.82) is 0 Å². The van der Waals surface area contributed by atoms with Gasteiger partial charge in [-0.05, 0) is 17.9 Å². The van der Waals surface area contributed by atoms with Gasteiger partial charge in [-0.25, -0.2) is 0 Å². The van der Waals surface area contributed by atoms with Gasteiger partial charge in [0.2, 0.25) is 0 Å². The van der Waals surface area contributed by atoms with E-state index in [2.05, 4.69) is 20.8 Å². The Bertz CT molecular complexity index is 471. The first-order valence-corrected chi connectivity index (χ1v) is 7.76. The molecule has 0 N–H and O–H groups in total. The smallest absolute Gasteiger partial charge is 0.194 e. The topological polar surface area (TPSA) is 35.5 Å². The standard InChI is InChI=1S/C18H26O3/c1-5-21-18(10-12-20-13-11-18)16(19)14-6-8-15(9-7-14)17(2,3)4/h6-9H,5,10-13H2,1-4H3. The van der Waals surface area contributed by atoms with Crippen molar-refractivity contribution in [3.63, 3.8) is 0 Å². The van der Waals surface area contributed by atoms with Gasteiger partial charge in [-0.3, -0.25) is 4.79 Å². The molecule has 2 rings (SSSR count). The van der Waals surface area contributed by atoms with Crippen LogP contribution in [0.4, 0.5) is 0 Å². The fraction of sp³-hybridized carbons (Fsp3) is 0.611. The largest absolute Gasteiger partial charge is 0.381 e. The Labute approximate surface area is 127 Å². The summed E-state index contributed by atoms with van der Waals surface area (Å²) in [6.45, 7) is 10.2. The molecule has 0 spiro atoms. The maximum Gasteiger partial charge on any atom is 0.194 e. The molecule has 1 aromatic rings. The van der Waals surface area contributed by atoms with E-state index in [0.29, 0.717) is 32.7 Å². The van der Waals surface area contributed by atoms with Crippen molar-refractivity contribution < 1.29 is 14.3 Å². The quantitative estimate of drug-likeness (QED) is 0.792. The third-order valence-corrected chi connectivity index (χ3v) is 4.15. The minimum Gasteiger partial charge on any atom is -0.381 e.